The van der Waals surface area contributed by atoms with E-state index in [0.29, 0.717) is 12.0 Å². The summed E-state index contributed by atoms with van der Waals surface area (Å²) in [5, 5.41) is 3.95. The summed E-state index contributed by atoms with van der Waals surface area (Å²) in [6, 6.07) is 8.73. The molecule has 0 spiro atoms. The zero-order valence-corrected chi connectivity index (χ0v) is 13.3. The highest BCUT2D eigenvalue weighted by Gasteiger charge is 2.37. The molecule has 1 atom stereocenters. The number of carbonyl (C=O) groups excluding carboxylic acids is 1. The van der Waals surface area contributed by atoms with Gasteiger partial charge in [-0.2, -0.15) is 0 Å². The number of benzene rings is 1. The summed E-state index contributed by atoms with van der Waals surface area (Å²) < 4.78 is 29.0. The fourth-order valence-corrected chi connectivity index (χ4v) is 4.53. The van der Waals surface area contributed by atoms with Crippen LogP contribution in [0.25, 0.3) is 11.0 Å². The quantitative estimate of drug-likeness (QED) is 0.802. The van der Waals surface area contributed by atoms with E-state index in [-0.39, 0.29) is 29.2 Å². The molecule has 1 aromatic heterocycles. The number of carbonyl (C=O) groups is 1. The zero-order valence-electron chi connectivity index (χ0n) is 12.5. The van der Waals surface area contributed by atoms with E-state index in [2.05, 4.69) is 0 Å². The molecule has 0 unspecified atom stereocenters. The van der Waals surface area contributed by atoms with Crippen molar-refractivity contribution in [3.63, 3.8) is 0 Å². The van der Waals surface area contributed by atoms with Gasteiger partial charge in [-0.3, -0.25) is 9.80 Å². The first-order valence-electron chi connectivity index (χ1n) is 7.07. The van der Waals surface area contributed by atoms with Crippen molar-refractivity contribution in [3.05, 3.63) is 36.1 Å². The van der Waals surface area contributed by atoms with Gasteiger partial charge in [-0.05, 0) is 18.6 Å². The highest BCUT2D eigenvalue weighted by molar-refractivity contribution is 7.91. The number of hydrogen-bond acceptors (Lipinski definition) is 5. The van der Waals surface area contributed by atoms with Gasteiger partial charge in [-0.25, -0.2) is 13.4 Å². The third-order valence-electron chi connectivity index (χ3n) is 3.83. The maximum atomic E-state index is 12.7. The van der Waals surface area contributed by atoms with Gasteiger partial charge >= 0.3 is 5.91 Å². The summed E-state index contributed by atoms with van der Waals surface area (Å²) in [6.45, 7) is 0. The van der Waals surface area contributed by atoms with Crippen molar-refractivity contribution in [2.24, 2.45) is 0 Å². The number of hydrazine groups is 1. The topological polar surface area (TPSA) is 70.8 Å². The van der Waals surface area contributed by atoms with Crippen LogP contribution in [0.3, 0.4) is 0 Å². The van der Waals surface area contributed by atoms with Gasteiger partial charge in [-0.1, -0.05) is 18.2 Å². The van der Waals surface area contributed by atoms with E-state index in [1.165, 1.54) is 5.01 Å². The van der Waals surface area contributed by atoms with Gasteiger partial charge in [0.15, 0.2) is 15.6 Å². The van der Waals surface area contributed by atoms with Crippen LogP contribution >= 0.6 is 0 Å². The minimum Gasteiger partial charge on any atom is -0.451 e. The van der Waals surface area contributed by atoms with E-state index in [4.69, 9.17) is 4.42 Å². The minimum atomic E-state index is -3.07. The first-order chi connectivity index (χ1) is 10.4. The second-order valence-electron chi connectivity index (χ2n) is 5.70. The van der Waals surface area contributed by atoms with Crippen LogP contribution in [-0.4, -0.2) is 56.0 Å². The molecule has 118 valence electrons. The maximum absolute atomic E-state index is 12.7. The molecule has 6 nitrogen and oxygen atoms in total. The molecule has 0 bridgehead atoms. The largest absolute Gasteiger partial charge is 0.451 e. The van der Waals surface area contributed by atoms with Crippen LogP contribution in [0.5, 0.6) is 0 Å². The van der Waals surface area contributed by atoms with Crippen molar-refractivity contribution >= 4 is 26.7 Å². The van der Waals surface area contributed by atoms with Crippen LogP contribution in [0.1, 0.15) is 17.0 Å². The van der Waals surface area contributed by atoms with Gasteiger partial charge < -0.3 is 4.42 Å². The molecule has 2 heterocycles. The Morgan fingerprint density at radius 3 is 2.59 bits per heavy atom. The highest BCUT2D eigenvalue weighted by atomic mass is 32.2. The fraction of sp³-hybridized carbons (Fsp3) is 0.400. The molecule has 0 aliphatic carbocycles. The number of rotatable bonds is 3. The number of nitrogens with zero attached hydrogens (tertiary/aromatic N) is 2. The molecule has 2 aromatic rings. The lowest BCUT2D eigenvalue weighted by molar-refractivity contribution is -0.00152. The molecule has 1 aromatic carbocycles. The number of fused-ring (bicyclic) bond motifs is 1. The third-order valence-corrected chi connectivity index (χ3v) is 5.58. The van der Waals surface area contributed by atoms with Gasteiger partial charge in [0.1, 0.15) is 5.58 Å². The van der Waals surface area contributed by atoms with Crippen molar-refractivity contribution in [3.8, 4) is 0 Å². The summed E-state index contributed by atoms with van der Waals surface area (Å²) in [6.07, 6.45) is 0.451. The van der Waals surface area contributed by atoms with Gasteiger partial charge in [0, 0.05) is 19.5 Å². The Bertz CT molecular complexity index is 777. The molecule has 3 rings (SSSR count). The average molecular weight is 322 g/mol. The first kappa shape index (κ1) is 15.1. The molecular formula is C15H18N2O4S. The van der Waals surface area contributed by atoms with E-state index in [0.717, 1.165) is 5.39 Å². The van der Waals surface area contributed by atoms with E-state index < -0.39 is 9.84 Å². The normalized spacial score (nSPS) is 20.6. The molecule has 22 heavy (non-hydrogen) atoms. The van der Waals surface area contributed by atoms with E-state index in [1.807, 2.05) is 18.2 Å². The van der Waals surface area contributed by atoms with Crippen LogP contribution in [0.15, 0.2) is 34.7 Å². The Morgan fingerprint density at radius 2 is 2.00 bits per heavy atom. The molecule has 1 aliphatic heterocycles. The number of para-hydroxylation sites is 1. The lowest BCUT2D eigenvalue weighted by Gasteiger charge is -2.32. The van der Waals surface area contributed by atoms with Crippen molar-refractivity contribution in [2.45, 2.75) is 12.5 Å². The molecule has 1 aliphatic rings. The van der Waals surface area contributed by atoms with E-state index >= 15 is 0 Å². The van der Waals surface area contributed by atoms with Gasteiger partial charge in [0.05, 0.1) is 17.5 Å². The van der Waals surface area contributed by atoms with Crippen molar-refractivity contribution in [1.82, 2.24) is 10.0 Å². The fourth-order valence-electron chi connectivity index (χ4n) is 2.84. The third kappa shape index (κ3) is 2.74. The maximum Gasteiger partial charge on any atom is 0.304 e. The highest BCUT2D eigenvalue weighted by Crippen LogP contribution is 2.24. The number of sulfone groups is 1. The molecular weight excluding hydrogens is 304 g/mol. The lowest BCUT2D eigenvalue weighted by atomic mass is 10.2. The first-order valence-corrected chi connectivity index (χ1v) is 8.89. The minimum absolute atomic E-state index is 0.00283. The second kappa shape index (κ2) is 5.40. The number of furan rings is 1. The Hall–Kier alpha value is -1.86. The van der Waals surface area contributed by atoms with Crippen LogP contribution in [-0.2, 0) is 9.84 Å². The van der Waals surface area contributed by atoms with E-state index in [9.17, 15) is 13.2 Å². The lowest BCUT2D eigenvalue weighted by Crippen LogP contribution is -2.49. The molecule has 1 amide bonds. The summed E-state index contributed by atoms with van der Waals surface area (Å²) in [5.74, 6) is 0.0227. The van der Waals surface area contributed by atoms with Crippen LogP contribution < -0.4 is 0 Å². The zero-order chi connectivity index (χ0) is 15.9. The van der Waals surface area contributed by atoms with Crippen molar-refractivity contribution in [2.75, 3.05) is 25.6 Å². The summed E-state index contributed by atoms with van der Waals surface area (Å²) in [5.41, 5.74) is 0.642. The van der Waals surface area contributed by atoms with Crippen molar-refractivity contribution < 1.29 is 17.6 Å². The predicted molar refractivity (Wildman–Crippen MR) is 83.1 cm³/mol. The summed E-state index contributed by atoms with van der Waals surface area (Å²) >= 11 is 0. The van der Waals surface area contributed by atoms with Crippen LogP contribution in [0.2, 0.25) is 0 Å². The van der Waals surface area contributed by atoms with Crippen LogP contribution in [0.4, 0.5) is 0 Å². The SMILES string of the molecule is CN(C)N(C(=O)c1cc2ccccc2o1)[C@@H]1CCS(=O)(=O)C1. The predicted octanol–water partition coefficient (Wildman–Crippen LogP) is 1.54. The molecule has 0 radical (unpaired) electrons. The molecule has 0 N–H and O–H groups in total. The Morgan fingerprint density at radius 1 is 1.27 bits per heavy atom. The Balaban J connectivity index is 1.93. The van der Waals surface area contributed by atoms with E-state index in [1.54, 1.807) is 31.2 Å². The molecule has 0 saturated carbocycles. The standard InChI is InChI=1S/C15H18N2O4S/c1-16(2)17(12-7-8-22(19,20)10-12)15(18)14-9-11-5-3-4-6-13(11)21-14/h3-6,9,12H,7-8,10H2,1-2H3/t12-/m1/s1. The average Bonchev–Trinajstić information content (AvgIpc) is 3.01. The molecule has 1 fully saturated rings. The Labute approximate surface area is 129 Å². The number of amides is 1. The van der Waals surface area contributed by atoms with Crippen molar-refractivity contribution in [1.29, 1.82) is 0 Å². The van der Waals surface area contributed by atoms with Gasteiger partial charge in [0.25, 0.3) is 0 Å². The smallest absolute Gasteiger partial charge is 0.304 e. The second-order valence-corrected chi connectivity index (χ2v) is 7.93. The summed E-state index contributed by atoms with van der Waals surface area (Å²) in [4.78, 5) is 12.7. The number of hydrogen-bond donors (Lipinski definition) is 0. The van der Waals surface area contributed by atoms with Crippen LogP contribution in [0, 0.1) is 0 Å². The monoisotopic (exact) mass is 322 g/mol. The summed E-state index contributed by atoms with van der Waals surface area (Å²) in [7, 11) is 0.390. The van der Waals surface area contributed by atoms with Gasteiger partial charge in [0.2, 0.25) is 0 Å². The van der Waals surface area contributed by atoms with Gasteiger partial charge in [-0.15, -0.1) is 0 Å². The molecule has 1 saturated heterocycles. The molecule has 7 heteroatoms. The Kier molecular flexibility index (Phi) is 3.70.